The number of imidazole rings is 1. The molecule has 0 saturated carbocycles. The van der Waals surface area contributed by atoms with Crippen LogP contribution in [0, 0.1) is 17.1 Å². The Labute approximate surface area is 133 Å². The van der Waals surface area contributed by atoms with Crippen LogP contribution in [0.15, 0.2) is 40.9 Å². The fourth-order valence-electron chi connectivity index (χ4n) is 2.23. The Morgan fingerprint density at radius 1 is 1.33 bits per heavy atom. The van der Waals surface area contributed by atoms with Crippen molar-refractivity contribution in [3.05, 3.63) is 58.1 Å². The van der Waals surface area contributed by atoms with Gasteiger partial charge in [0.25, 0.3) is 0 Å². The molecule has 1 heterocycles. The predicted molar refractivity (Wildman–Crippen MR) is 83.0 cm³/mol. The van der Waals surface area contributed by atoms with E-state index in [-0.39, 0.29) is 17.2 Å². The largest absolute Gasteiger partial charge is 0.294 e. The van der Waals surface area contributed by atoms with Crippen LogP contribution in [0.1, 0.15) is 11.4 Å². The smallest absolute Gasteiger partial charge is 0.151 e. The van der Waals surface area contributed by atoms with E-state index in [1.54, 1.807) is 34.9 Å². The zero-order chi connectivity index (χ0) is 15.0. The van der Waals surface area contributed by atoms with E-state index < -0.39 is 0 Å². The minimum Gasteiger partial charge on any atom is -0.294 e. The maximum Gasteiger partial charge on any atom is 0.151 e. The quantitative estimate of drug-likeness (QED) is 0.627. The molecule has 3 rings (SSSR count). The molecular weight excluding hydrogens is 357 g/mol. The third kappa shape index (κ3) is 2.31. The van der Waals surface area contributed by atoms with Crippen molar-refractivity contribution in [3.8, 4) is 11.8 Å². The van der Waals surface area contributed by atoms with E-state index in [1.807, 2.05) is 0 Å². The Morgan fingerprint density at radius 3 is 2.81 bits per heavy atom. The average molecular weight is 365 g/mol. The van der Waals surface area contributed by atoms with Crippen LogP contribution in [0.4, 0.5) is 4.39 Å². The lowest BCUT2D eigenvalue weighted by atomic mass is 10.2. The number of alkyl halides is 1. The lowest BCUT2D eigenvalue weighted by Gasteiger charge is -2.10. The van der Waals surface area contributed by atoms with E-state index in [4.69, 9.17) is 16.9 Å². The van der Waals surface area contributed by atoms with Crippen molar-refractivity contribution in [3.63, 3.8) is 0 Å². The van der Waals surface area contributed by atoms with E-state index in [1.165, 1.54) is 6.07 Å². The van der Waals surface area contributed by atoms with Gasteiger partial charge in [0.05, 0.1) is 28.7 Å². The topological polar surface area (TPSA) is 41.6 Å². The molecule has 0 atom stereocenters. The van der Waals surface area contributed by atoms with Gasteiger partial charge in [-0.25, -0.2) is 9.37 Å². The molecule has 0 aliphatic heterocycles. The number of hydrogen-bond acceptors (Lipinski definition) is 2. The highest BCUT2D eigenvalue weighted by molar-refractivity contribution is 9.10. The first-order valence-electron chi connectivity index (χ1n) is 6.07. The maximum absolute atomic E-state index is 13.9. The van der Waals surface area contributed by atoms with Crippen LogP contribution in [0.3, 0.4) is 0 Å². The summed E-state index contributed by atoms with van der Waals surface area (Å²) in [5.41, 5.74) is 2.21. The fraction of sp³-hybridized carbons (Fsp3) is 0.0667. The predicted octanol–water partition coefficient (Wildman–Crippen LogP) is 4.54. The molecule has 3 nitrogen and oxygen atoms in total. The van der Waals surface area contributed by atoms with Crippen molar-refractivity contribution in [2.24, 2.45) is 0 Å². The number of benzene rings is 2. The van der Waals surface area contributed by atoms with Gasteiger partial charge in [0.15, 0.2) is 5.82 Å². The van der Waals surface area contributed by atoms with Crippen LogP contribution in [0.25, 0.3) is 16.7 Å². The van der Waals surface area contributed by atoms with Crippen LogP contribution in [0.2, 0.25) is 0 Å². The first-order valence-corrected chi connectivity index (χ1v) is 7.40. The molecule has 21 heavy (non-hydrogen) atoms. The van der Waals surface area contributed by atoms with Crippen molar-refractivity contribution in [2.75, 3.05) is 0 Å². The summed E-state index contributed by atoms with van der Waals surface area (Å²) in [6.45, 7) is 0. The summed E-state index contributed by atoms with van der Waals surface area (Å²) in [7, 11) is 0. The Hall–Kier alpha value is -1.90. The molecule has 0 fully saturated rings. The second kappa shape index (κ2) is 5.47. The molecule has 0 spiro atoms. The summed E-state index contributed by atoms with van der Waals surface area (Å²) >= 11 is 9.38. The van der Waals surface area contributed by atoms with E-state index in [9.17, 15) is 4.39 Å². The summed E-state index contributed by atoms with van der Waals surface area (Å²) in [4.78, 5) is 4.26. The summed E-state index contributed by atoms with van der Waals surface area (Å²) in [6, 6.07) is 12.0. The van der Waals surface area contributed by atoms with Gasteiger partial charge in [-0.15, -0.1) is 11.6 Å². The number of rotatable bonds is 2. The first kappa shape index (κ1) is 14.1. The third-order valence-electron chi connectivity index (χ3n) is 3.14. The number of aromatic nitrogens is 2. The van der Waals surface area contributed by atoms with E-state index in [2.05, 4.69) is 27.0 Å². The van der Waals surface area contributed by atoms with E-state index in [0.29, 0.717) is 16.9 Å². The van der Waals surface area contributed by atoms with Gasteiger partial charge in [0, 0.05) is 4.47 Å². The van der Waals surface area contributed by atoms with Crippen molar-refractivity contribution in [1.29, 1.82) is 5.26 Å². The van der Waals surface area contributed by atoms with Gasteiger partial charge in [-0.2, -0.15) is 5.26 Å². The fourth-order valence-corrected chi connectivity index (χ4v) is 2.96. The van der Waals surface area contributed by atoms with Gasteiger partial charge in [-0.3, -0.25) is 4.57 Å². The molecule has 0 bridgehead atoms. The van der Waals surface area contributed by atoms with Crippen LogP contribution >= 0.6 is 27.5 Å². The summed E-state index contributed by atoms with van der Waals surface area (Å²) in [5.74, 6) is 0.310. The number of nitriles is 1. The molecule has 0 amide bonds. The normalized spacial score (nSPS) is 10.8. The molecule has 3 aromatic rings. The lowest BCUT2D eigenvalue weighted by Crippen LogP contribution is -2.00. The van der Waals surface area contributed by atoms with Crippen LogP contribution < -0.4 is 0 Å². The molecule has 0 unspecified atom stereocenters. The van der Waals surface area contributed by atoms with Crippen molar-refractivity contribution in [1.82, 2.24) is 9.55 Å². The number of para-hydroxylation sites is 1. The van der Waals surface area contributed by atoms with E-state index >= 15 is 0 Å². The number of halogens is 3. The maximum atomic E-state index is 13.9. The van der Waals surface area contributed by atoms with Gasteiger partial charge in [0.2, 0.25) is 0 Å². The average Bonchev–Trinajstić information content (AvgIpc) is 2.87. The monoisotopic (exact) mass is 363 g/mol. The minimum absolute atomic E-state index is 0.153. The highest BCUT2D eigenvalue weighted by Gasteiger charge is 2.16. The van der Waals surface area contributed by atoms with Crippen LogP contribution in [-0.2, 0) is 5.88 Å². The molecule has 104 valence electrons. The second-order valence-electron chi connectivity index (χ2n) is 4.38. The molecule has 2 aromatic carbocycles. The zero-order valence-corrected chi connectivity index (χ0v) is 13.0. The highest BCUT2D eigenvalue weighted by Crippen LogP contribution is 2.29. The number of fused-ring (bicyclic) bond motifs is 1. The van der Waals surface area contributed by atoms with Gasteiger partial charge < -0.3 is 0 Å². The van der Waals surface area contributed by atoms with Crippen molar-refractivity contribution < 1.29 is 4.39 Å². The summed E-state index contributed by atoms with van der Waals surface area (Å²) in [5, 5.41) is 8.93. The van der Waals surface area contributed by atoms with Gasteiger partial charge in [-0.05, 0) is 46.3 Å². The molecule has 0 aliphatic rings. The van der Waals surface area contributed by atoms with Crippen molar-refractivity contribution in [2.45, 2.75) is 5.88 Å². The highest BCUT2D eigenvalue weighted by atomic mass is 79.9. The van der Waals surface area contributed by atoms with Crippen LogP contribution in [0.5, 0.6) is 0 Å². The van der Waals surface area contributed by atoms with Gasteiger partial charge >= 0.3 is 0 Å². The van der Waals surface area contributed by atoms with Gasteiger partial charge in [-0.1, -0.05) is 6.07 Å². The van der Waals surface area contributed by atoms with Crippen LogP contribution in [-0.4, -0.2) is 9.55 Å². The van der Waals surface area contributed by atoms with Gasteiger partial charge in [0.1, 0.15) is 11.3 Å². The SMILES string of the molecule is N#Cc1ccc(-n2c(CCl)nc3c(F)cccc32)c(Br)c1. The van der Waals surface area contributed by atoms with Crippen molar-refractivity contribution >= 4 is 38.6 Å². The standard InChI is InChI=1S/C15H8BrClFN3/c16-10-6-9(8-19)4-5-12(10)21-13-3-1-2-11(18)15(13)20-14(21)7-17/h1-6H,7H2. The molecule has 1 aromatic heterocycles. The Kier molecular flexibility index (Phi) is 3.66. The molecule has 0 aliphatic carbocycles. The Balaban J connectivity index is 2.34. The minimum atomic E-state index is -0.387. The molecular formula is C15H8BrClFN3. The zero-order valence-electron chi connectivity index (χ0n) is 10.6. The first-order chi connectivity index (χ1) is 10.2. The van der Waals surface area contributed by atoms with E-state index in [0.717, 1.165) is 10.2 Å². The number of nitrogens with zero attached hydrogens (tertiary/aromatic N) is 3. The Morgan fingerprint density at radius 2 is 2.14 bits per heavy atom. The lowest BCUT2D eigenvalue weighted by molar-refractivity contribution is 0.637. The second-order valence-corrected chi connectivity index (χ2v) is 5.50. The summed E-state index contributed by atoms with van der Waals surface area (Å²) in [6.07, 6.45) is 0. The molecule has 6 heteroatoms. The summed E-state index contributed by atoms with van der Waals surface area (Å²) < 4.78 is 16.4. The molecule has 0 saturated heterocycles. The third-order valence-corrected chi connectivity index (χ3v) is 4.02. The molecule has 0 N–H and O–H groups in total. The Bertz CT molecular complexity index is 882. The molecule has 0 radical (unpaired) electrons. The number of hydrogen-bond donors (Lipinski definition) is 0.